The van der Waals surface area contributed by atoms with Crippen molar-refractivity contribution in [1.82, 2.24) is 25.3 Å². The third-order valence-corrected chi connectivity index (χ3v) is 3.97. The van der Waals surface area contributed by atoms with Crippen LogP contribution in [0.25, 0.3) is 4.96 Å². The normalized spacial score (nSPS) is 12.2. The Morgan fingerprint density at radius 2 is 2.08 bits per heavy atom. The molecule has 9 heteroatoms. The number of nitrogens with zero attached hydrogens (tertiary/aromatic N) is 3. The number of rotatable bonds is 7. The van der Waals surface area contributed by atoms with Crippen LogP contribution < -0.4 is 16.0 Å². The summed E-state index contributed by atoms with van der Waals surface area (Å²) < 4.78 is 7.19. The summed E-state index contributed by atoms with van der Waals surface area (Å²) in [6, 6.07) is 0. The number of carbonyl (C=O) groups excluding carboxylic acids is 1. The molecule has 2 aromatic rings. The number of imidazole rings is 1. The summed E-state index contributed by atoms with van der Waals surface area (Å²) in [6.07, 6.45) is 4.35. The van der Waals surface area contributed by atoms with Crippen molar-refractivity contribution in [3.05, 3.63) is 23.5 Å². The molecule has 26 heavy (non-hydrogen) atoms. The predicted molar refractivity (Wildman–Crippen MR) is 105 cm³/mol. The van der Waals surface area contributed by atoms with Crippen LogP contribution in [-0.4, -0.2) is 46.7 Å². The van der Waals surface area contributed by atoms with Crippen LogP contribution in [0.3, 0.4) is 0 Å². The lowest BCUT2D eigenvalue weighted by atomic mass is 10.2. The predicted octanol–water partition coefficient (Wildman–Crippen LogP) is 2.37. The SMILES string of the molecule is CCNC(=NCc1cn2ccsc2n1)NCCCNC(=O)OC(C)(C)C. The molecule has 1 amide bonds. The van der Waals surface area contributed by atoms with Gasteiger partial charge in [-0.25, -0.2) is 14.8 Å². The number of aliphatic imine (C=N–C) groups is 1. The second-order valence-electron chi connectivity index (χ2n) is 6.73. The largest absolute Gasteiger partial charge is 0.444 e. The molecule has 0 bridgehead atoms. The summed E-state index contributed by atoms with van der Waals surface area (Å²) in [7, 11) is 0. The quantitative estimate of drug-likeness (QED) is 0.390. The van der Waals surface area contributed by atoms with Gasteiger partial charge in [-0.05, 0) is 34.1 Å². The zero-order chi connectivity index (χ0) is 19.0. The molecule has 0 fully saturated rings. The molecule has 8 nitrogen and oxygen atoms in total. The lowest BCUT2D eigenvalue weighted by Crippen LogP contribution is -2.39. The van der Waals surface area contributed by atoms with Crippen LogP contribution in [-0.2, 0) is 11.3 Å². The van der Waals surface area contributed by atoms with Crippen LogP contribution >= 0.6 is 11.3 Å². The minimum atomic E-state index is -0.477. The molecule has 144 valence electrons. The van der Waals surface area contributed by atoms with E-state index in [1.807, 2.05) is 49.9 Å². The van der Waals surface area contributed by atoms with Crippen molar-refractivity contribution in [1.29, 1.82) is 0 Å². The molecule has 3 N–H and O–H groups in total. The van der Waals surface area contributed by atoms with Crippen molar-refractivity contribution in [3.63, 3.8) is 0 Å². The minimum Gasteiger partial charge on any atom is -0.444 e. The second kappa shape index (κ2) is 9.42. The molecule has 0 aliphatic rings. The molecule has 2 heterocycles. The average molecular weight is 381 g/mol. The van der Waals surface area contributed by atoms with Crippen molar-refractivity contribution >= 4 is 28.4 Å². The van der Waals surface area contributed by atoms with E-state index in [4.69, 9.17) is 4.74 Å². The van der Waals surface area contributed by atoms with Crippen LogP contribution in [0.5, 0.6) is 0 Å². The maximum Gasteiger partial charge on any atom is 0.407 e. The molecule has 0 spiro atoms. The molecule has 0 unspecified atom stereocenters. The first-order valence-electron chi connectivity index (χ1n) is 8.77. The average Bonchev–Trinajstić information content (AvgIpc) is 3.11. The smallest absolute Gasteiger partial charge is 0.407 e. The lowest BCUT2D eigenvalue weighted by Gasteiger charge is -2.19. The summed E-state index contributed by atoms with van der Waals surface area (Å²) >= 11 is 1.60. The Bertz CT molecular complexity index is 703. The van der Waals surface area contributed by atoms with Gasteiger partial charge in [0.05, 0.1) is 12.2 Å². The molecule has 0 radical (unpaired) electrons. The number of aromatic nitrogens is 2. The molecule has 0 atom stereocenters. The molecule has 0 aliphatic carbocycles. The summed E-state index contributed by atoms with van der Waals surface area (Å²) in [5.41, 5.74) is 0.454. The van der Waals surface area contributed by atoms with Crippen LogP contribution in [0, 0.1) is 0 Å². The van der Waals surface area contributed by atoms with E-state index in [-0.39, 0.29) is 0 Å². The highest BCUT2D eigenvalue weighted by atomic mass is 32.1. The molecule has 0 aromatic carbocycles. The molecule has 2 aromatic heterocycles. The highest BCUT2D eigenvalue weighted by molar-refractivity contribution is 7.15. The van der Waals surface area contributed by atoms with Gasteiger partial charge in [0.2, 0.25) is 0 Å². The van der Waals surface area contributed by atoms with Gasteiger partial charge in [-0.2, -0.15) is 0 Å². The van der Waals surface area contributed by atoms with Gasteiger partial charge < -0.3 is 20.7 Å². The van der Waals surface area contributed by atoms with Gasteiger partial charge in [-0.1, -0.05) is 0 Å². The molecule has 0 saturated heterocycles. The van der Waals surface area contributed by atoms with Crippen molar-refractivity contribution < 1.29 is 9.53 Å². The molecule has 0 saturated carbocycles. The lowest BCUT2D eigenvalue weighted by molar-refractivity contribution is 0.0527. The van der Waals surface area contributed by atoms with Gasteiger partial charge >= 0.3 is 6.09 Å². The Labute approximate surface area is 158 Å². The fourth-order valence-corrected chi connectivity index (χ4v) is 2.87. The van der Waals surface area contributed by atoms with Gasteiger partial charge in [0.25, 0.3) is 0 Å². The van der Waals surface area contributed by atoms with Crippen molar-refractivity contribution in [3.8, 4) is 0 Å². The van der Waals surface area contributed by atoms with E-state index in [9.17, 15) is 4.79 Å². The van der Waals surface area contributed by atoms with Gasteiger partial charge in [0.1, 0.15) is 5.60 Å². The first-order chi connectivity index (χ1) is 12.4. The van der Waals surface area contributed by atoms with E-state index < -0.39 is 11.7 Å². The summed E-state index contributed by atoms with van der Waals surface area (Å²) in [6.45, 7) is 10.1. The highest BCUT2D eigenvalue weighted by Crippen LogP contribution is 2.11. The third kappa shape index (κ3) is 6.91. The number of fused-ring (bicyclic) bond motifs is 1. The van der Waals surface area contributed by atoms with Gasteiger partial charge in [0.15, 0.2) is 10.9 Å². The van der Waals surface area contributed by atoms with Crippen molar-refractivity contribution in [2.45, 2.75) is 46.3 Å². The van der Waals surface area contributed by atoms with Crippen molar-refractivity contribution in [2.75, 3.05) is 19.6 Å². The fourth-order valence-electron chi connectivity index (χ4n) is 2.15. The molecule has 0 aliphatic heterocycles. The standard InChI is InChI=1S/C17H28N6O2S/c1-5-18-14(19-7-6-8-20-16(24)25-17(2,3)4)21-11-13-12-23-9-10-26-15(23)22-13/h9-10,12H,5-8,11H2,1-4H3,(H,20,24)(H2,18,19,21). The zero-order valence-electron chi connectivity index (χ0n) is 15.8. The van der Waals surface area contributed by atoms with E-state index in [1.165, 1.54) is 0 Å². The fraction of sp³-hybridized carbons (Fsp3) is 0.588. The Kier molecular flexibility index (Phi) is 7.26. The summed E-state index contributed by atoms with van der Waals surface area (Å²) in [4.78, 5) is 21.6. The van der Waals surface area contributed by atoms with Crippen molar-refractivity contribution in [2.24, 2.45) is 4.99 Å². The maximum atomic E-state index is 11.6. The number of thiazole rings is 1. The molecular weight excluding hydrogens is 352 g/mol. The van der Waals surface area contributed by atoms with E-state index >= 15 is 0 Å². The number of hydrogen-bond donors (Lipinski definition) is 3. The van der Waals surface area contributed by atoms with Gasteiger partial charge in [-0.15, -0.1) is 11.3 Å². The second-order valence-corrected chi connectivity index (χ2v) is 7.60. The Hall–Kier alpha value is -2.29. The zero-order valence-corrected chi connectivity index (χ0v) is 16.7. The van der Waals surface area contributed by atoms with Gasteiger partial charge in [0, 0.05) is 37.4 Å². The topological polar surface area (TPSA) is 92.0 Å². The third-order valence-electron chi connectivity index (χ3n) is 3.20. The minimum absolute atomic E-state index is 0.391. The number of hydrogen-bond acceptors (Lipinski definition) is 5. The number of carbonyl (C=O) groups is 1. The van der Waals surface area contributed by atoms with Crippen LogP contribution in [0.1, 0.15) is 39.8 Å². The van der Waals surface area contributed by atoms with Gasteiger partial charge in [-0.3, -0.25) is 4.40 Å². The number of nitrogens with one attached hydrogen (secondary N) is 3. The van der Waals surface area contributed by atoms with E-state index in [0.717, 1.165) is 29.6 Å². The van der Waals surface area contributed by atoms with E-state index in [2.05, 4.69) is 25.9 Å². The highest BCUT2D eigenvalue weighted by Gasteiger charge is 2.15. The first kappa shape index (κ1) is 20.0. The van der Waals surface area contributed by atoms with Crippen LogP contribution in [0.4, 0.5) is 4.79 Å². The number of alkyl carbamates (subject to hydrolysis) is 1. The number of ether oxygens (including phenoxy) is 1. The Morgan fingerprint density at radius 3 is 2.77 bits per heavy atom. The Morgan fingerprint density at radius 1 is 1.31 bits per heavy atom. The number of guanidine groups is 1. The molecule has 2 rings (SSSR count). The first-order valence-corrected chi connectivity index (χ1v) is 9.65. The van der Waals surface area contributed by atoms with Crippen LogP contribution in [0.2, 0.25) is 0 Å². The maximum absolute atomic E-state index is 11.6. The van der Waals surface area contributed by atoms with E-state index in [1.54, 1.807) is 11.3 Å². The Balaban J connectivity index is 1.71. The number of amides is 1. The summed E-state index contributed by atoms with van der Waals surface area (Å²) in [5, 5.41) is 11.2. The summed E-state index contributed by atoms with van der Waals surface area (Å²) in [5.74, 6) is 0.737. The monoisotopic (exact) mass is 380 g/mol. The van der Waals surface area contributed by atoms with Crippen LogP contribution in [0.15, 0.2) is 22.8 Å². The molecular formula is C17H28N6O2S. The van der Waals surface area contributed by atoms with E-state index in [0.29, 0.717) is 19.6 Å².